The van der Waals surface area contributed by atoms with Crippen LogP contribution < -0.4 is 14.8 Å². The number of hydrogen-bond acceptors (Lipinski definition) is 5. The van der Waals surface area contributed by atoms with Gasteiger partial charge in [-0.3, -0.25) is 0 Å². The summed E-state index contributed by atoms with van der Waals surface area (Å²) in [5.41, 5.74) is 2.09. The first kappa shape index (κ1) is 12.9. The summed E-state index contributed by atoms with van der Waals surface area (Å²) in [6.45, 7) is 4.23. The highest BCUT2D eigenvalue weighted by Gasteiger charge is 2.17. The molecule has 0 spiro atoms. The van der Waals surface area contributed by atoms with E-state index in [2.05, 4.69) is 15.3 Å². The summed E-state index contributed by atoms with van der Waals surface area (Å²) < 4.78 is 11.5. The number of rotatable bonds is 4. The van der Waals surface area contributed by atoms with Crippen LogP contribution >= 0.6 is 0 Å². The molecule has 1 aliphatic heterocycles. The van der Waals surface area contributed by atoms with Gasteiger partial charge in [0.2, 0.25) is 5.88 Å². The number of ether oxygens (including phenoxy) is 2. The summed E-state index contributed by atoms with van der Waals surface area (Å²) in [5.74, 6) is 2.02. The molecular formula is C15H17N3O2. The van der Waals surface area contributed by atoms with Gasteiger partial charge in [-0.2, -0.15) is 0 Å². The fraction of sp³-hybridized carbons (Fsp3) is 0.333. The van der Waals surface area contributed by atoms with Crippen molar-refractivity contribution in [2.24, 2.45) is 0 Å². The van der Waals surface area contributed by atoms with E-state index in [1.165, 1.54) is 0 Å². The average molecular weight is 271 g/mol. The number of nitrogens with one attached hydrogen (secondary N) is 1. The zero-order chi connectivity index (χ0) is 13.8. The van der Waals surface area contributed by atoms with Gasteiger partial charge in [0.1, 0.15) is 6.33 Å². The Kier molecular flexibility index (Phi) is 3.78. The van der Waals surface area contributed by atoms with E-state index in [9.17, 15) is 0 Å². The molecule has 1 N–H and O–H groups in total. The van der Waals surface area contributed by atoms with Crippen molar-refractivity contribution in [2.45, 2.75) is 19.9 Å². The first-order chi connectivity index (χ1) is 9.88. The van der Waals surface area contributed by atoms with E-state index < -0.39 is 0 Å². The van der Waals surface area contributed by atoms with Crippen molar-refractivity contribution in [3.05, 3.63) is 41.9 Å². The van der Waals surface area contributed by atoms with Gasteiger partial charge < -0.3 is 14.8 Å². The molecule has 0 saturated heterocycles. The molecule has 0 atom stereocenters. The molecule has 104 valence electrons. The van der Waals surface area contributed by atoms with Crippen molar-refractivity contribution in [3.8, 4) is 17.4 Å². The first-order valence-electron chi connectivity index (χ1n) is 6.81. The highest BCUT2D eigenvalue weighted by molar-refractivity contribution is 5.43. The van der Waals surface area contributed by atoms with Crippen molar-refractivity contribution in [1.82, 2.24) is 15.3 Å². The summed E-state index contributed by atoms with van der Waals surface area (Å²) >= 11 is 0. The lowest BCUT2D eigenvalue weighted by Gasteiger charge is -2.19. The van der Waals surface area contributed by atoms with Crippen LogP contribution in [0.3, 0.4) is 0 Å². The normalized spacial score (nSPS) is 13.7. The van der Waals surface area contributed by atoms with E-state index in [0.29, 0.717) is 18.2 Å². The molecule has 20 heavy (non-hydrogen) atoms. The predicted molar refractivity (Wildman–Crippen MR) is 75.1 cm³/mol. The van der Waals surface area contributed by atoms with Gasteiger partial charge in [0.25, 0.3) is 0 Å². The lowest BCUT2D eigenvalue weighted by molar-refractivity contribution is 0.318. The Bertz CT molecular complexity index is 601. The average Bonchev–Trinajstić information content (AvgIpc) is 2.50. The van der Waals surface area contributed by atoms with E-state index in [4.69, 9.17) is 9.47 Å². The number of para-hydroxylation sites is 2. The van der Waals surface area contributed by atoms with E-state index in [1.807, 2.05) is 31.2 Å². The Morgan fingerprint density at radius 3 is 2.90 bits per heavy atom. The minimum absolute atomic E-state index is 0.601. The molecule has 3 rings (SSSR count). The van der Waals surface area contributed by atoms with Crippen molar-refractivity contribution < 1.29 is 9.47 Å². The molecule has 0 bridgehead atoms. The fourth-order valence-corrected chi connectivity index (χ4v) is 2.24. The molecule has 0 amide bonds. The van der Waals surface area contributed by atoms with Gasteiger partial charge in [0.05, 0.1) is 17.9 Å². The van der Waals surface area contributed by atoms with Crippen LogP contribution in [0.15, 0.2) is 30.6 Å². The van der Waals surface area contributed by atoms with Gasteiger partial charge in [0, 0.05) is 19.5 Å². The minimum atomic E-state index is 0.601. The molecule has 0 unspecified atom stereocenters. The van der Waals surface area contributed by atoms with Crippen LogP contribution in [0, 0.1) is 0 Å². The van der Waals surface area contributed by atoms with Crippen molar-refractivity contribution in [3.63, 3.8) is 0 Å². The fourth-order valence-electron chi connectivity index (χ4n) is 2.24. The summed E-state index contributed by atoms with van der Waals surface area (Å²) in [4.78, 5) is 8.58. The molecule has 1 aliphatic rings. The second kappa shape index (κ2) is 5.88. The number of nitrogens with zero attached hydrogens (tertiary/aromatic N) is 2. The second-order valence-corrected chi connectivity index (χ2v) is 4.51. The SMILES string of the molecule is CCOc1ccccc1Oc1ncnc2c1CNCC2. The summed E-state index contributed by atoms with van der Waals surface area (Å²) in [5, 5.41) is 3.32. The maximum atomic E-state index is 5.94. The number of hydrogen-bond donors (Lipinski definition) is 1. The molecule has 2 aromatic rings. The topological polar surface area (TPSA) is 56.3 Å². The molecule has 5 nitrogen and oxygen atoms in total. The summed E-state index contributed by atoms with van der Waals surface area (Å²) in [6, 6.07) is 7.62. The molecule has 0 fully saturated rings. The van der Waals surface area contributed by atoms with Crippen LogP contribution in [0.2, 0.25) is 0 Å². The van der Waals surface area contributed by atoms with Gasteiger partial charge >= 0.3 is 0 Å². The quantitative estimate of drug-likeness (QED) is 0.924. The molecular weight excluding hydrogens is 254 g/mol. The maximum absolute atomic E-state index is 5.94. The molecule has 0 saturated carbocycles. The molecule has 0 radical (unpaired) electrons. The molecule has 0 aliphatic carbocycles. The monoisotopic (exact) mass is 271 g/mol. The Hall–Kier alpha value is -2.14. The number of benzene rings is 1. The number of aromatic nitrogens is 2. The zero-order valence-electron chi connectivity index (χ0n) is 11.4. The van der Waals surface area contributed by atoms with Gasteiger partial charge in [-0.15, -0.1) is 0 Å². The van der Waals surface area contributed by atoms with Crippen molar-refractivity contribution in [1.29, 1.82) is 0 Å². The third kappa shape index (κ3) is 2.58. The Balaban J connectivity index is 1.92. The molecule has 2 heterocycles. The third-order valence-corrected chi connectivity index (χ3v) is 3.19. The maximum Gasteiger partial charge on any atom is 0.227 e. The van der Waals surface area contributed by atoms with E-state index >= 15 is 0 Å². The van der Waals surface area contributed by atoms with Crippen LogP contribution in [0.25, 0.3) is 0 Å². The largest absolute Gasteiger partial charge is 0.490 e. The molecule has 1 aromatic heterocycles. The Labute approximate surface area is 118 Å². The molecule has 1 aromatic carbocycles. The van der Waals surface area contributed by atoms with Crippen LogP contribution in [0.5, 0.6) is 17.4 Å². The second-order valence-electron chi connectivity index (χ2n) is 4.51. The van der Waals surface area contributed by atoms with Gasteiger partial charge in [0.15, 0.2) is 11.5 Å². The van der Waals surface area contributed by atoms with Crippen molar-refractivity contribution >= 4 is 0 Å². The van der Waals surface area contributed by atoms with Crippen LogP contribution in [0.4, 0.5) is 0 Å². The molecule has 5 heteroatoms. The smallest absolute Gasteiger partial charge is 0.227 e. The standard InChI is InChI=1S/C15H17N3O2/c1-2-19-13-5-3-4-6-14(13)20-15-11-9-16-8-7-12(11)17-10-18-15/h3-6,10,16H,2,7-9H2,1H3. The highest BCUT2D eigenvalue weighted by Crippen LogP contribution is 2.32. The highest BCUT2D eigenvalue weighted by atomic mass is 16.5. The lowest BCUT2D eigenvalue weighted by Crippen LogP contribution is -2.25. The van der Waals surface area contributed by atoms with E-state index in [0.717, 1.165) is 36.5 Å². The van der Waals surface area contributed by atoms with Gasteiger partial charge in [-0.25, -0.2) is 9.97 Å². The van der Waals surface area contributed by atoms with Gasteiger partial charge in [-0.1, -0.05) is 12.1 Å². The lowest BCUT2D eigenvalue weighted by atomic mass is 10.1. The summed E-state index contributed by atoms with van der Waals surface area (Å²) in [7, 11) is 0. The number of fused-ring (bicyclic) bond motifs is 1. The first-order valence-corrected chi connectivity index (χ1v) is 6.81. The van der Waals surface area contributed by atoms with E-state index in [-0.39, 0.29) is 0 Å². The predicted octanol–water partition coefficient (Wildman–Crippen LogP) is 2.31. The zero-order valence-corrected chi connectivity index (χ0v) is 11.4. The van der Waals surface area contributed by atoms with E-state index in [1.54, 1.807) is 6.33 Å². The summed E-state index contributed by atoms with van der Waals surface area (Å²) in [6.07, 6.45) is 2.46. The van der Waals surface area contributed by atoms with Crippen LogP contribution in [-0.2, 0) is 13.0 Å². The van der Waals surface area contributed by atoms with Crippen molar-refractivity contribution in [2.75, 3.05) is 13.2 Å². The van der Waals surface area contributed by atoms with Gasteiger partial charge in [-0.05, 0) is 19.1 Å². The van der Waals surface area contributed by atoms with Crippen LogP contribution in [-0.4, -0.2) is 23.1 Å². The Morgan fingerprint density at radius 1 is 1.20 bits per heavy atom. The minimum Gasteiger partial charge on any atom is -0.490 e. The Morgan fingerprint density at radius 2 is 2.05 bits per heavy atom. The van der Waals surface area contributed by atoms with Crippen LogP contribution in [0.1, 0.15) is 18.2 Å². The third-order valence-electron chi connectivity index (χ3n) is 3.19.